The summed E-state index contributed by atoms with van der Waals surface area (Å²) in [5.41, 5.74) is 0. The first kappa shape index (κ1) is 10.9. The zero-order chi connectivity index (χ0) is 10.7. The lowest BCUT2D eigenvalue weighted by atomic mass is 10.3. The van der Waals surface area contributed by atoms with Gasteiger partial charge in [0.15, 0.2) is 5.13 Å². The molecule has 0 aromatic carbocycles. The van der Waals surface area contributed by atoms with Crippen molar-refractivity contribution in [2.24, 2.45) is 0 Å². The molecule has 0 bridgehead atoms. The first-order chi connectivity index (χ1) is 7.25. The maximum absolute atomic E-state index is 9.29. The van der Waals surface area contributed by atoms with Gasteiger partial charge in [-0.3, -0.25) is 4.90 Å². The highest BCUT2D eigenvalue weighted by atomic mass is 32.1. The van der Waals surface area contributed by atoms with Crippen LogP contribution in [0.15, 0.2) is 11.6 Å². The Hall–Kier alpha value is -0.650. The minimum absolute atomic E-state index is 0.226. The van der Waals surface area contributed by atoms with E-state index in [0.717, 1.165) is 37.9 Å². The fourth-order valence-electron chi connectivity index (χ4n) is 1.87. The van der Waals surface area contributed by atoms with Gasteiger partial charge < -0.3 is 10.0 Å². The molecule has 2 rings (SSSR count). The van der Waals surface area contributed by atoms with Gasteiger partial charge in [0, 0.05) is 44.3 Å². The Labute approximate surface area is 94.2 Å². The molecule has 5 heteroatoms. The fraction of sp³-hybridized carbons (Fsp3) is 0.700. The largest absolute Gasteiger partial charge is 0.392 e. The normalized spacial score (nSPS) is 20.5. The van der Waals surface area contributed by atoms with Gasteiger partial charge in [-0.15, -0.1) is 11.3 Å². The molecular formula is C10H17N3OS. The van der Waals surface area contributed by atoms with Gasteiger partial charge in [-0.2, -0.15) is 0 Å². The number of hydrogen-bond donors (Lipinski definition) is 1. The predicted octanol–water partition coefficient (Wildman–Crippen LogP) is 0.646. The number of anilines is 1. The third kappa shape index (κ3) is 2.90. The van der Waals surface area contributed by atoms with Gasteiger partial charge in [-0.1, -0.05) is 0 Å². The van der Waals surface area contributed by atoms with Crippen molar-refractivity contribution in [3.63, 3.8) is 0 Å². The maximum atomic E-state index is 9.29. The summed E-state index contributed by atoms with van der Waals surface area (Å²) in [4.78, 5) is 8.91. The quantitative estimate of drug-likeness (QED) is 0.823. The molecule has 1 aromatic rings. The minimum Gasteiger partial charge on any atom is -0.392 e. The standard InChI is InChI=1S/C10H17N3OS/c1-9(14)8-12-3-5-13(6-4-12)10-11-2-7-15-10/h2,7,9,14H,3-6,8H2,1H3/t9-/m1/s1. The van der Waals surface area contributed by atoms with E-state index in [0.29, 0.717) is 0 Å². The van der Waals surface area contributed by atoms with Crippen LogP contribution >= 0.6 is 11.3 Å². The summed E-state index contributed by atoms with van der Waals surface area (Å²) in [6.45, 7) is 6.69. The molecule has 0 aliphatic carbocycles. The molecule has 0 radical (unpaired) electrons. The van der Waals surface area contributed by atoms with E-state index < -0.39 is 0 Å². The third-order valence-corrected chi connectivity index (χ3v) is 3.42. The number of hydrogen-bond acceptors (Lipinski definition) is 5. The number of thiazole rings is 1. The molecule has 84 valence electrons. The Balaban J connectivity index is 1.82. The molecule has 0 amide bonds. The summed E-state index contributed by atoms with van der Waals surface area (Å²) < 4.78 is 0. The zero-order valence-electron chi connectivity index (χ0n) is 8.96. The predicted molar refractivity (Wildman–Crippen MR) is 62.4 cm³/mol. The number of nitrogens with zero attached hydrogens (tertiary/aromatic N) is 3. The second-order valence-electron chi connectivity index (χ2n) is 3.95. The monoisotopic (exact) mass is 227 g/mol. The number of β-amino-alcohol motifs (C(OH)–C–C–N with tert-alkyl or cyclic N) is 1. The Bertz CT molecular complexity index is 281. The van der Waals surface area contributed by atoms with Crippen LogP contribution in [-0.4, -0.2) is 53.8 Å². The summed E-state index contributed by atoms with van der Waals surface area (Å²) in [5, 5.41) is 12.4. The number of aliphatic hydroxyl groups is 1. The second kappa shape index (κ2) is 4.92. The summed E-state index contributed by atoms with van der Waals surface area (Å²) in [5.74, 6) is 0. The van der Waals surface area contributed by atoms with Crippen LogP contribution in [0.25, 0.3) is 0 Å². The number of aliphatic hydroxyl groups excluding tert-OH is 1. The van der Waals surface area contributed by atoms with Crippen molar-refractivity contribution in [2.45, 2.75) is 13.0 Å². The van der Waals surface area contributed by atoms with E-state index in [-0.39, 0.29) is 6.10 Å². The molecular weight excluding hydrogens is 210 g/mol. The molecule has 15 heavy (non-hydrogen) atoms. The molecule has 1 atom stereocenters. The minimum atomic E-state index is -0.226. The van der Waals surface area contributed by atoms with E-state index in [4.69, 9.17) is 0 Å². The van der Waals surface area contributed by atoms with Crippen molar-refractivity contribution in [3.05, 3.63) is 11.6 Å². The van der Waals surface area contributed by atoms with Crippen molar-refractivity contribution in [3.8, 4) is 0 Å². The van der Waals surface area contributed by atoms with Gasteiger partial charge in [0.2, 0.25) is 0 Å². The highest BCUT2D eigenvalue weighted by Gasteiger charge is 2.18. The first-order valence-corrected chi connectivity index (χ1v) is 6.18. The highest BCUT2D eigenvalue weighted by molar-refractivity contribution is 7.13. The number of rotatable bonds is 3. The van der Waals surface area contributed by atoms with E-state index >= 15 is 0 Å². The molecule has 1 N–H and O–H groups in total. The topological polar surface area (TPSA) is 39.6 Å². The van der Waals surface area contributed by atoms with Crippen LogP contribution in [0.5, 0.6) is 0 Å². The van der Waals surface area contributed by atoms with E-state index in [9.17, 15) is 5.11 Å². The van der Waals surface area contributed by atoms with Crippen LogP contribution in [0, 0.1) is 0 Å². The molecule has 1 fully saturated rings. The molecule has 4 nitrogen and oxygen atoms in total. The lowest BCUT2D eigenvalue weighted by Gasteiger charge is -2.35. The first-order valence-electron chi connectivity index (χ1n) is 5.30. The van der Waals surface area contributed by atoms with Gasteiger partial charge in [0.05, 0.1) is 6.10 Å². The zero-order valence-corrected chi connectivity index (χ0v) is 9.78. The third-order valence-electron chi connectivity index (χ3n) is 2.58. The highest BCUT2D eigenvalue weighted by Crippen LogP contribution is 2.18. The van der Waals surface area contributed by atoms with Crippen molar-refractivity contribution in [2.75, 3.05) is 37.6 Å². The second-order valence-corrected chi connectivity index (χ2v) is 4.82. The van der Waals surface area contributed by atoms with Crippen molar-refractivity contribution in [1.29, 1.82) is 0 Å². The van der Waals surface area contributed by atoms with Crippen LogP contribution in [0.2, 0.25) is 0 Å². The van der Waals surface area contributed by atoms with Gasteiger partial charge in [-0.05, 0) is 6.92 Å². The molecule has 0 spiro atoms. The van der Waals surface area contributed by atoms with Gasteiger partial charge >= 0.3 is 0 Å². The Morgan fingerprint density at radius 2 is 2.20 bits per heavy atom. The van der Waals surface area contributed by atoms with Crippen LogP contribution < -0.4 is 4.90 Å². The average Bonchev–Trinajstić information content (AvgIpc) is 2.71. The van der Waals surface area contributed by atoms with E-state index in [2.05, 4.69) is 14.8 Å². The van der Waals surface area contributed by atoms with E-state index in [1.807, 2.05) is 18.5 Å². The Morgan fingerprint density at radius 1 is 1.47 bits per heavy atom. The molecule has 1 aromatic heterocycles. The fourth-order valence-corrected chi connectivity index (χ4v) is 2.56. The molecule has 1 aliphatic heterocycles. The molecule has 0 saturated carbocycles. The number of aromatic nitrogens is 1. The van der Waals surface area contributed by atoms with Gasteiger partial charge in [0.25, 0.3) is 0 Å². The Morgan fingerprint density at radius 3 is 2.73 bits per heavy atom. The maximum Gasteiger partial charge on any atom is 0.185 e. The summed E-state index contributed by atoms with van der Waals surface area (Å²) in [6, 6.07) is 0. The van der Waals surface area contributed by atoms with Crippen LogP contribution in [-0.2, 0) is 0 Å². The van der Waals surface area contributed by atoms with Gasteiger partial charge in [0.1, 0.15) is 0 Å². The van der Waals surface area contributed by atoms with Crippen molar-refractivity contribution < 1.29 is 5.11 Å². The van der Waals surface area contributed by atoms with Crippen LogP contribution in [0.4, 0.5) is 5.13 Å². The molecule has 1 saturated heterocycles. The number of piperazine rings is 1. The van der Waals surface area contributed by atoms with Crippen molar-refractivity contribution >= 4 is 16.5 Å². The van der Waals surface area contributed by atoms with Crippen LogP contribution in [0.3, 0.4) is 0 Å². The smallest absolute Gasteiger partial charge is 0.185 e. The Kier molecular flexibility index (Phi) is 3.56. The van der Waals surface area contributed by atoms with Gasteiger partial charge in [-0.25, -0.2) is 4.98 Å². The summed E-state index contributed by atoms with van der Waals surface area (Å²) in [6.07, 6.45) is 1.62. The lowest BCUT2D eigenvalue weighted by molar-refractivity contribution is 0.122. The summed E-state index contributed by atoms with van der Waals surface area (Å²) in [7, 11) is 0. The molecule has 0 unspecified atom stereocenters. The average molecular weight is 227 g/mol. The van der Waals surface area contributed by atoms with Crippen LogP contribution in [0.1, 0.15) is 6.92 Å². The molecule has 2 heterocycles. The molecule has 1 aliphatic rings. The van der Waals surface area contributed by atoms with E-state index in [1.54, 1.807) is 11.3 Å². The SMILES string of the molecule is C[C@@H](O)CN1CCN(c2nccs2)CC1. The van der Waals surface area contributed by atoms with E-state index in [1.165, 1.54) is 0 Å². The lowest BCUT2D eigenvalue weighted by Crippen LogP contribution is -2.48. The summed E-state index contributed by atoms with van der Waals surface area (Å²) >= 11 is 1.69. The van der Waals surface area contributed by atoms with Crippen molar-refractivity contribution in [1.82, 2.24) is 9.88 Å².